The van der Waals surface area contributed by atoms with Crippen LogP contribution in [0.4, 0.5) is 0 Å². The molecule has 0 fully saturated rings. The second kappa shape index (κ2) is 12.1. The van der Waals surface area contributed by atoms with Crippen LogP contribution in [-0.4, -0.2) is 75.2 Å². The Hall–Kier alpha value is -2.34. The minimum absolute atomic E-state index is 0.310. The molecule has 148 valence electrons. The highest BCUT2D eigenvalue weighted by atomic mass is 32.2. The fraction of sp³-hybridized carbons (Fsp3) is 0.643. The van der Waals surface area contributed by atoms with Crippen LogP contribution in [0.5, 0.6) is 0 Å². The number of hydrogen-bond donors (Lipinski definition) is 6. The van der Waals surface area contributed by atoms with Gasteiger partial charge >= 0.3 is 17.9 Å². The molecular formula is C14H23N3O8S. The number of carboxylic acids is 3. The molecule has 0 aromatic heterocycles. The van der Waals surface area contributed by atoms with Crippen molar-refractivity contribution in [1.29, 1.82) is 0 Å². The number of nitrogens with two attached hydrogens (primary N) is 1. The highest BCUT2D eigenvalue weighted by molar-refractivity contribution is 7.98. The van der Waals surface area contributed by atoms with E-state index in [1.165, 1.54) is 11.8 Å². The number of nitrogens with one attached hydrogen (secondary N) is 2. The van der Waals surface area contributed by atoms with E-state index in [0.717, 1.165) is 0 Å². The van der Waals surface area contributed by atoms with Gasteiger partial charge in [0.2, 0.25) is 11.8 Å². The van der Waals surface area contributed by atoms with Gasteiger partial charge in [-0.25, -0.2) is 4.79 Å². The second-order valence-electron chi connectivity index (χ2n) is 5.38. The maximum absolute atomic E-state index is 12.2. The van der Waals surface area contributed by atoms with Crippen molar-refractivity contribution in [3.05, 3.63) is 0 Å². The van der Waals surface area contributed by atoms with Gasteiger partial charge in [-0.15, -0.1) is 0 Å². The van der Waals surface area contributed by atoms with Crippen LogP contribution in [0.25, 0.3) is 0 Å². The molecule has 0 heterocycles. The summed E-state index contributed by atoms with van der Waals surface area (Å²) in [6.45, 7) is 0. The van der Waals surface area contributed by atoms with Crippen LogP contribution in [0.2, 0.25) is 0 Å². The first-order valence-electron chi connectivity index (χ1n) is 7.60. The van der Waals surface area contributed by atoms with Gasteiger partial charge in [0.25, 0.3) is 0 Å². The summed E-state index contributed by atoms with van der Waals surface area (Å²) < 4.78 is 0. The number of amides is 2. The van der Waals surface area contributed by atoms with Crippen LogP contribution < -0.4 is 16.4 Å². The van der Waals surface area contributed by atoms with E-state index in [-0.39, 0.29) is 0 Å². The third kappa shape index (κ3) is 9.84. The maximum atomic E-state index is 12.2. The lowest BCUT2D eigenvalue weighted by Crippen LogP contribution is -2.55. The average molecular weight is 393 g/mol. The zero-order chi connectivity index (χ0) is 20.3. The van der Waals surface area contributed by atoms with Crippen LogP contribution in [0.15, 0.2) is 0 Å². The van der Waals surface area contributed by atoms with Crippen LogP contribution >= 0.6 is 11.8 Å². The highest BCUT2D eigenvalue weighted by Gasteiger charge is 2.29. The molecule has 0 aliphatic carbocycles. The zero-order valence-electron chi connectivity index (χ0n) is 14.1. The van der Waals surface area contributed by atoms with Crippen molar-refractivity contribution in [2.75, 3.05) is 12.0 Å². The van der Waals surface area contributed by atoms with E-state index >= 15 is 0 Å². The second-order valence-corrected chi connectivity index (χ2v) is 6.36. The molecule has 26 heavy (non-hydrogen) atoms. The average Bonchev–Trinajstić information content (AvgIpc) is 2.54. The van der Waals surface area contributed by atoms with Crippen molar-refractivity contribution < 1.29 is 39.3 Å². The molecule has 0 unspecified atom stereocenters. The Balaban J connectivity index is 5.00. The number of carbonyl (C=O) groups excluding carboxylic acids is 2. The Kier molecular flexibility index (Phi) is 11.0. The summed E-state index contributed by atoms with van der Waals surface area (Å²) in [5, 5.41) is 30.7. The predicted molar refractivity (Wildman–Crippen MR) is 91.6 cm³/mol. The van der Waals surface area contributed by atoms with Gasteiger partial charge < -0.3 is 31.7 Å². The topological polar surface area (TPSA) is 196 Å². The molecule has 2 amide bonds. The molecule has 11 nitrogen and oxygen atoms in total. The summed E-state index contributed by atoms with van der Waals surface area (Å²) >= 11 is 1.46. The van der Waals surface area contributed by atoms with Gasteiger partial charge in [0.05, 0.1) is 12.5 Å². The predicted octanol–water partition coefficient (Wildman–Crippen LogP) is -1.54. The molecule has 0 radical (unpaired) electrons. The summed E-state index contributed by atoms with van der Waals surface area (Å²) in [7, 11) is 0. The van der Waals surface area contributed by atoms with E-state index in [4.69, 9.17) is 21.1 Å². The quantitative estimate of drug-likeness (QED) is 0.213. The van der Waals surface area contributed by atoms with Crippen molar-refractivity contribution in [2.24, 2.45) is 5.73 Å². The molecule has 0 saturated carbocycles. The first kappa shape index (κ1) is 23.7. The van der Waals surface area contributed by atoms with E-state index in [0.29, 0.717) is 12.2 Å². The van der Waals surface area contributed by atoms with E-state index < -0.39 is 67.1 Å². The number of carboxylic acid groups (broad SMARTS) is 3. The van der Waals surface area contributed by atoms with E-state index in [2.05, 4.69) is 5.32 Å². The van der Waals surface area contributed by atoms with Crippen LogP contribution in [0.3, 0.4) is 0 Å². The zero-order valence-corrected chi connectivity index (χ0v) is 15.0. The molecule has 0 bridgehead atoms. The van der Waals surface area contributed by atoms with Gasteiger partial charge in [0, 0.05) is 6.42 Å². The molecule has 0 aliphatic rings. The summed E-state index contributed by atoms with van der Waals surface area (Å²) in [6, 6.07) is -4.02. The largest absolute Gasteiger partial charge is 0.481 e. The third-order valence-electron chi connectivity index (χ3n) is 3.24. The van der Waals surface area contributed by atoms with Gasteiger partial charge in [-0.2, -0.15) is 11.8 Å². The molecule has 7 N–H and O–H groups in total. The molecule has 0 saturated heterocycles. The standard InChI is InChI=1S/C14H23N3O8S/c1-26-5-4-7(15)12(22)17-9(6-11(20)21)13(23)16-8(14(24)25)2-3-10(18)19/h7-9H,2-6,15H2,1H3,(H,16,23)(H,17,22)(H,18,19)(H,20,21)(H,24,25)/t7-,8-,9-/m0/s1. The lowest BCUT2D eigenvalue weighted by Gasteiger charge is -2.21. The van der Waals surface area contributed by atoms with Crippen molar-refractivity contribution in [3.63, 3.8) is 0 Å². The van der Waals surface area contributed by atoms with E-state index in [9.17, 15) is 24.0 Å². The molecule has 0 aliphatic heterocycles. The summed E-state index contributed by atoms with van der Waals surface area (Å²) in [5.41, 5.74) is 5.65. The normalized spacial score (nSPS) is 13.9. The number of thioether (sulfide) groups is 1. The van der Waals surface area contributed by atoms with E-state index in [1.807, 2.05) is 11.6 Å². The Bertz CT molecular complexity index is 542. The van der Waals surface area contributed by atoms with Gasteiger partial charge in [-0.1, -0.05) is 0 Å². The van der Waals surface area contributed by atoms with Crippen molar-refractivity contribution in [2.45, 2.75) is 43.8 Å². The number of hydrogen-bond acceptors (Lipinski definition) is 7. The van der Waals surface area contributed by atoms with Gasteiger partial charge in [0.1, 0.15) is 12.1 Å². The monoisotopic (exact) mass is 393 g/mol. The number of carbonyl (C=O) groups is 5. The Morgan fingerprint density at radius 3 is 1.96 bits per heavy atom. The SMILES string of the molecule is CSCC[C@H](N)C(=O)N[C@@H](CC(=O)O)C(=O)N[C@@H](CCC(=O)O)C(=O)O. The van der Waals surface area contributed by atoms with Gasteiger partial charge in [-0.3, -0.25) is 19.2 Å². The molecule has 0 aromatic carbocycles. The minimum atomic E-state index is -1.54. The molecular weight excluding hydrogens is 370 g/mol. The summed E-state index contributed by atoms with van der Waals surface area (Å²) in [5.74, 6) is -5.31. The van der Waals surface area contributed by atoms with Crippen LogP contribution in [0, 0.1) is 0 Å². The van der Waals surface area contributed by atoms with Crippen molar-refractivity contribution >= 4 is 41.5 Å². The highest BCUT2D eigenvalue weighted by Crippen LogP contribution is 2.03. The van der Waals surface area contributed by atoms with Crippen LogP contribution in [0.1, 0.15) is 25.7 Å². The lowest BCUT2D eigenvalue weighted by molar-refractivity contribution is -0.144. The molecule has 3 atom stereocenters. The summed E-state index contributed by atoms with van der Waals surface area (Å²) in [4.78, 5) is 56.7. The van der Waals surface area contributed by atoms with Crippen molar-refractivity contribution in [1.82, 2.24) is 10.6 Å². The maximum Gasteiger partial charge on any atom is 0.326 e. The van der Waals surface area contributed by atoms with Gasteiger partial charge in [-0.05, 0) is 24.9 Å². The molecule has 0 aromatic rings. The smallest absolute Gasteiger partial charge is 0.326 e. The fourth-order valence-corrected chi connectivity index (χ4v) is 2.33. The Morgan fingerprint density at radius 1 is 0.923 bits per heavy atom. The Labute approximate surface area is 153 Å². The first-order valence-corrected chi connectivity index (χ1v) is 8.99. The van der Waals surface area contributed by atoms with E-state index in [1.54, 1.807) is 0 Å². The molecule has 12 heteroatoms. The summed E-state index contributed by atoms with van der Waals surface area (Å²) in [6.07, 6.45) is 0.446. The first-order chi connectivity index (χ1) is 12.1. The van der Waals surface area contributed by atoms with Gasteiger partial charge in [0.15, 0.2) is 0 Å². The van der Waals surface area contributed by atoms with Crippen molar-refractivity contribution in [3.8, 4) is 0 Å². The number of rotatable bonds is 13. The lowest BCUT2D eigenvalue weighted by atomic mass is 10.1. The third-order valence-corrected chi connectivity index (χ3v) is 3.89. The fourth-order valence-electron chi connectivity index (χ4n) is 1.84. The van der Waals surface area contributed by atoms with Crippen LogP contribution in [-0.2, 0) is 24.0 Å². The molecule has 0 spiro atoms. The minimum Gasteiger partial charge on any atom is -0.481 e. The Morgan fingerprint density at radius 2 is 1.50 bits per heavy atom. The number of aliphatic carboxylic acids is 3. The molecule has 0 rings (SSSR count).